The van der Waals surface area contributed by atoms with Gasteiger partial charge in [0.25, 0.3) is 0 Å². The summed E-state index contributed by atoms with van der Waals surface area (Å²) < 4.78 is 79.6. The summed E-state index contributed by atoms with van der Waals surface area (Å²) in [5, 5.41) is 11.0. The third-order valence-electron chi connectivity index (χ3n) is 2.15. The van der Waals surface area contributed by atoms with Gasteiger partial charge in [0, 0.05) is 4.90 Å². The van der Waals surface area contributed by atoms with Crippen molar-refractivity contribution in [1.82, 2.24) is 0 Å². The molecule has 1 aromatic rings. The van der Waals surface area contributed by atoms with Gasteiger partial charge in [0.1, 0.15) is 0 Å². The minimum atomic E-state index is -4.94. The van der Waals surface area contributed by atoms with E-state index in [2.05, 4.69) is 9.37 Å². The van der Waals surface area contributed by atoms with Crippen molar-refractivity contribution in [2.24, 2.45) is 0 Å². The Morgan fingerprint density at radius 2 is 1.42 bits per heavy atom. The van der Waals surface area contributed by atoms with Crippen LogP contribution >= 0.6 is 12.0 Å². The third kappa shape index (κ3) is 4.00. The minimum absolute atomic E-state index is 0.0175. The molecule has 0 bridgehead atoms. The van der Waals surface area contributed by atoms with Crippen LogP contribution in [0.4, 0.5) is 26.3 Å². The summed E-state index contributed by atoms with van der Waals surface area (Å²) in [7, 11) is 0. The van der Waals surface area contributed by atoms with Crippen molar-refractivity contribution in [3.8, 4) is 0 Å². The van der Waals surface area contributed by atoms with E-state index >= 15 is 0 Å². The summed E-state index contributed by atoms with van der Waals surface area (Å²) in [5.74, 6) is 0. The Kier molecular flexibility index (Phi) is 4.72. The van der Waals surface area contributed by atoms with E-state index in [9.17, 15) is 26.3 Å². The van der Waals surface area contributed by atoms with Gasteiger partial charge in [-0.2, -0.15) is 26.3 Å². The first-order chi connectivity index (χ1) is 8.57. The maximum Gasteiger partial charge on any atom is 0.416 e. The number of rotatable bonds is 3. The Labute approximate surface area is 107 Å². The van der Waals surface area contributed by atoms with Crippen LogP contribution in [0.5, 0.6) is 0 Å². The standard InChI is InChI=1S/C9H6F6O3S/c1-4-6(8(10,11)12)2-5(19-18-17-16)3-7(4)9(13,14)15/h2-3,16H,1H3. The number of hydrogen-bond acceptors (Lipinski definition) is 4. The highest BCUT2D eigenvalue weighted by Gasteiger charge is 2.40. The van der Waals surface area contributed by atoms with Gasteiger partial charge in [0.05, 0.1) is 23.2 Å². The summed E-state index contributed by atoms with van der Waals surface area (Å²) in [6, 6.07) is 0.933. The Balaban J connectivity index is 3.39. The Hall–Kier alpha value is -0.970. The van der Waals surface area contributed by atoms with E-state index in [4.69, 9.17) is 5.26 Å². The highest BCUT2D eigenvalue weighted by molar-refractivity contribution is 7.94. The molecule has 0 fully saturated rings. The van der Waals surface area contributed by atoms with Gasteiger partial charge in [-0.15, -0.1) is 4.33 Å². The van der Waals surface area contributed by atoms with E-state index in [1.165, 1.54) is 0 Å². The van der Waals surface area contributed by atoms with Gasteiger partial charge in [-0.3, -0.25) is 0 Å². The van der Waals surface area contributed by atoms with Gasteiger partial charge in [0.2, 0.25) is 0 Å². The fraction of sp³-hybridized carbons (Fsp3) is 0.333. The van der Waals surface area contributed by atoms with Gasteiger partial charge in [-0.25, -0.2) is 5.26 Å². The highest BCUT2D eigenvalue weighted by atomic mass is 32.2. The van der Waals surface area contributed by atoms with Crippen LogP contribution in [0.25, 0.3) is 0 Å². The van der Waals surface area contributed by atoms with Gasteiger partial charge in [0.15, 0.2) is 0 Å². The lowest BCUT2D eigenvalue weighted by molar-refractivity contribution is -0.432. The quantitative estimate of drug-likeness (QED) is 0.387. The smallest absolute Gasteiger partial charge is 0.220 e. The predicted molar refractivity (Wildman–Crippen MR) is 51.8 cm³/mol. The average molecular weight is 308 g/mol. The Morgan fingerprint density at radius 3 is 1.74 bits per heavy atom. The summed E-state index contributed by atoms with van der Waals surface area (Å²) in [6.45, 7) is 0.726. The fourth-order valence-corrected chi connectivity index (χ4v) is 1.82. The normalized spacial score (nSPS) is 12.8. The molecule has 0 radical (unpaired) electrons. The van der Waals surface area contributed by atoms with Gasteiger partial charge in [-0.1, -0.05) is 5.04 Å². The van der Waals surface area contributed by atoms with Crippen molar-refractivity contribution in [3.05, 3.63) is 28.8 Å². The molecule has 0 aliphatic carbocycles. The molecular formula is C9H6F6O3S. The van der Waals surface area contributed by atoms with Crippen LogP contribution in [0.3, 0.4) is 0 Å². The molecule has 0 saturated heterocycles. The highest BCUT2D eigenvalue weighted by Crippen LogP contribution is 2.41. The molecule has 0 aliphatic rings. The van der Waals surface area contributed by atoms with E-state index in [1.807, 2.05) is 0 Å². The molecule has 1 rings (SSSR count). The minimum Gasteiger partial charge on any atom is -0.220 e. The van der Waals surface area contributed by atoms with Crippen molar-refractivity contribution in [2.75, 3.05) is 0 Å². The van der Waals surface area contributed by atoms with Crippen molar-refractivity contribution in [1.29, 1.82) is 0 Å². The number of hydrogen-bond donors (Lipinski definition) is 1. The third-order valence-corrected chi connectivity index (χ3v) is 2.71. The Morgan fingerprint density at radius 1 is 1.00 bits per heavy atom. The van der Waals surface area contributed by atoms with E-state index in [1.54, 1.807) is 0 Å². The predicted octanol–water partition coefficient (Wildman–Crippen LogP) is 4.46. The zero-order valence-corrected chi connectivity index (χ0v) is 9.91. The molecule has 0 spiro atoms. The average Bonchev–Trinajstić information content (AvgIpc) is 2.24. The van der Waals surface area contributed by atoms with Crippen LogP contribution < -0.4 is 0 Å². The fourth-order valence-electron chi connectivity index (χ4n) is 1.38. The van der Waals surface area contributed by atoms with Crippen molar-refractivity contribution in [3.63, 3.8) is 0 Å². The van der Waals surface area contributed by atoms with E-state index in [-0.39, 0.29) is 12.0 Å². The van der Waals surface area contributed by atoms with Crippen LogP contribution in [-0.4, -0.2) is 5.26 Å². The molecule has 0 unspecified atom stereocenters. The number of alkyl halides is 6. The van der Waals surface area contributed by atoms with E-state index < -0.39 is 33.9 Å². The molecule has 1 N–H and O–H groups in total. The lowest BCUT2D eigenvalue weighted by Crippen LogP contribution is -2.14. The van der Waals surface area contributed by atoms with Crippen molar-refractivity contribution < 1.29 is 41.0 Å². The van der Waals surface area contributed by atoms with Crippen LogP contribution in [0, 0.1) is 6.92 Å². The number of halogens is 6. The lowest BCUT2D eigenvalue weighted by Gasteiger charge is -2.17. The molecule has 3 nitrogen and oxygen atoms in total. The molecule has 0 atom stereocenters. The first-order valence-electron chi connectivity index (χ1n) is 4.51. The van der Waals surface area contributed by atoms with Crippen molar-refractivity contribution in [2.45, 2.75) is 24.2 Å². The molecule has 0 amide bonds. The zero-order chi connectivity index (χ0) is 14.8. The first kappa shape index (κ1) is 16.1. The SMILES string of the molecule is Cc1c(C(F)(F)F)cc(SOOO)cc1C(F)(F)F. The molecule has 10 heteroatoms. The molecular weight excluding hydrogens is 302 g/mol. The van der Waals surface area contributed by atoms with Crippen LogP contribution in [0.1, 0.15) is 16.7 Å². The van der Waals surface area contributed by atoms with Crippen LogP contribution in [0.2, 0.25) is 0 Å². The van der Waals surface area contributed by atoms with Gasteiger partial charge < -0.3 is 0 Å². The topological polar surface area (TPSA) is 38.7 Å². The van der Waals surface area contributed by atoms with Crippen LogP contribution in [0.15, 0.2) is 17.0 Å². The maximum absolute atomic E-state index is 12.6. The monoisotopic (exact) mass is 308 g/mol. The maximum atomic E-state index is 12.6. The molecule has 0 aromatic heterocycles. The second-order valence-electron chi connectivity index (χ2n) is 3.36. The molecule has 19 heavy (non-hydrogen) atoms. The molecule has 0 heterocycles. The van der Waals surface area contributed by atoms with Gasteiger partial charge >= 0.3 is 12.4 Å². The van der Waals surface area contributed by atoms with Crippen LogP contribution in [-0.2, 0) is 21.7 Å². The Bertz CT molecular complexity index is 421. The first-order valence-corrected chi connectivity index (χ1v) is 5.25. The molecule has 1 aromatic carbocycles. The number of benzene rings is 1. The second kappa shape index (κ2) is 5.57. The molecule has 108 valence electrons. The summed E-state index contributed by atoms with van der Waals surface area (Å²) in [4.78, 5) is -0.515. The van der Waals surface area contributed by atoms with Gasteiger partial charge in [-0.05, 0) is 24.6 Å². The summed E-state index contributed by atoms with van der Waals surface area (Å²) >= 11 is 0.0175. The summed E-state index contributed by atoms with van der Waals surface area (Å²) in [6.07, 6.45) is -9.89. The molecule has 0 aliphatic heterocycles. The second-order valence-corrected chi connectivity index (χ2v) is 4.14. The van der Waals surface area contributed by atoms with E-state index in [0.717, 1.165) is 6.92 Å². The molecule has 0 saturated carbocycles. The van der Waals surface area contributed by atoms with Crippen molar-refractivity contribution >= 4 is 12.0 Å². The largest absolute Gasteiger partial charge is 0.416 e. The van der Waals surface area contributed by atoms with E-state index in [0.29, 0.717) is 12.1 Å². The summed E-state index contributed by atoms with van der Waals surface area (Å²) in [5.41, 5.74) is -3.81. The lowest BCUT2D eigenvalue weighted by atomic mass is 10.0. The zero-order valence-electron chi connectivity index (χ0n) is 9.09.